The Bertz CT molecular complexity index is 481. The van der Waals surface area contributed by atoms with Gasteiger partial charge in [-0.1, -0.05) is 28.1 Å². The number of aliphatic hydroxyl groups is 1. The predicted molar refractivity (Wildman–Crippen MR) is 79.0 cm³/mol. The number of aliphatic hydroxyl groups excluding tert-OH is 1. The van der Waals surface area contributed by atoms with Gasteiger partial charge in [0.15, 0.2) is 0 Å². The van der Waals surface area contributed by atoms with Gasteiger partial charge in [0.05, 0.1) is 12.3 Å². The molecule has 0 radical (unpaired) electrons. The van der Waals surface area contributed by atoms with Gasteiger partial charge in [-0.25, -0.2) is 0 Å². The molecule has 2 unspecified atom stereocenters. The van der Waals surface area contributed by atoms with Gasteiger partial charge in [0.25, 0.3) is 0 Å². The van der Waals surface area contributed by atoms with Crippen LogP contribution in [0.1, 0.15) is 30.7 Å². The first-order valence-corrected chi connectivity index (χ1v) is 7.16. The molecule has 0 aliphatic rings. The Hall–Kier alpha value is -1.10. The van der Waals surface area contributed by atoms with Crippen LogP contribution in [0.4, 0.5) is 0 Å². The summed E-state index contributed by atoms with van der Waals surface area (Å²) in [6.07, 6.45) is 2.40. The highest BCUT2D eigenvalue weighted by atomic mass is 79.9. The van der Waals surface area contributed by atoms with E-state index in [0.29, 0.717) is 6.42 Å². The summed E-state index contributed by atoms with van der Waals surface area (Å²) in [4.78, 5) is 0. The van der Waals surface area contributed by atoms with E-state index in [-0.39, 0.29) is 18.7 Å². The van der Waals surface area contributed by atoms with E-state index >= 15 is 0 Å². The first-order chi connectivity index (χ1) is 9.20. The van der Waals surface area contributed by atoms with Gasteiger partial charge in [0.1, 0.15) is 5.76 Å². The second-order valence-electron chi connectivity index (χ2n) is 4.58. The summed E-state index contributed by atoms with van der Waals surface area (Å²) in [5.41, 5.74) is 1.14. The van der Waals surface area contributed by atoms with Crippen LogP contribution in [-0.2, 0) is 0 Å². The molecule has 0 spiro atoms. The minimum atomic E-state index is 0.00431. The molecule has 0 fully saturated rings. The highest BCUT2D eigenvalue weighted by Gasteiger charge is 2.18. The third-order valence-corrected chi connectivity index (χ3v) is 3.57. The van der Waals surface area contributed by atoms with Crippen molar-refractivity contribution in [1.29, 1.82) is 0 Å². The fraction of sp³-hybridized carbons (Fsp3) is 0.333. The van der Waals surface area contributed by atoms with E-state index in [1.165, 1.54) is 0 Å². The molecule has 2 N–H and O–H groups in total. The average molecular weight is 324 g/mol. The maximum absolute atomic E-state index is 9.02. The zero-order chi connectivity index (χ0) is 13.7. The van der Waals surface area contributed by atoms with Crippen molar-refractivity contribution in [2.75, 3.05) is 6.61 Å². The zero-order valence-corrected chi connectivity index (χ0v) is 12.4. The second kappa shape index (κ2) is 6.89. The lowest BCUT2D eigenvalue weighted by atomic mass is 10.0. The molecule has 0 bridgehead atoms. The lowest BCUT2D eigenvalue weighted by molar-refractivity contribution is 0.263. The summed E-state index contributed by atoms with van der Waals surface area (Å²) in [7, 11) is 0. The molecule has 1 heterocycles. The van der Waals surface area contributed by atoms with Crippen molar-refractivity contribution in [1.82, 2.24) is 5.32 Å². The summed E-state index contributed by atoms with van der Waals surface area (Å²) in [5, 5.41) is 12.5. The normalized spacial score (nSPS) is 14.3. The number of halogens is 1. The van der Waals surface area contributed by atoms with Crippen LogP contribution in [0.25, 0.3) is 0 Å². The molecule has 102 valence electrons. The Kier molecular flexibility index (Phi) is 5.19. The molecule has 2 aromatic rings. The molecule has 3 nitrogen and oxygen atoms in total. The van der Waals surface area contributed by atoms with Crippen LogP contribution in [0.2, 0.25) is 0 Å². The van der Waals surface area contributed by atoms with E-state index in [9.17, 15) is 0 Å². The van der Waals surface area contributed by atoms with Crippen molar-refractivity contribution >= 4 is 15.9 Å². The standard InChI is InChI=1S/C15H18BrNO2/c1-11(8-9-18)17-15(14-3-2-10-19-14)12-4-6-13(16)7-5-12/h2-7,10-11,15,17-18H,8-9H2,1H3. The smallest absolute Gasteiger partial charge is 0.125 e. The lowest BCUT2D eigenvalue weighted by Crippen LogP contribution is -2.31. The number of rotatable bonds is 6. The molecule has 0 aliphatic heterocycles. The van der Waals surface area contributed by atoms with Crippen LogP contribution in [0.5, 0.6) is 0 Å². The average Bonchev–Trinajstić information content (AvgIpc) is 2.91. The van der Waals surface area contributed by atoms with Gasteiger partial charge >= 0.3 is 0 Å². The van der Waals surface area contributed by atoms with Crippen LogP contribution in [0, 0.1) is 0 Å². The molecule has 2 rings (SSSR count). The number of furan rings is 1. The fourth-order valence-electron chi connectivity index (χ4n) is 2.01. The first kappa shape index (κ1) is 14.3. The fourth-order valence-corrected chi connectivity index (χ4v) is 2.28. The summed E-state index contributed by atoms with van der Waals surface area (Å²) >= 11 is 3.44. The molecular formula is C15H18BrNO2. The summed E-state index contributed by atoms with van der Waals surface area (Å²) in [6.45, 7) is 2.24. The van der Waals surface area contributed by atoms with Gasteiger partial charge in [0, 0.05) is 17.1 Å². The molecule has 4 heteroatoms. The summed E-state index contributed by atoms with van der Waals surface area (Å²) in [6, 6.07) is 12.2. The molecule has 2 atom stereocenters. The third kappa shape index (κ3) is 3.93. The van der Waals surface area contributed by atoms with Crippen molar-refractivity contribution in [3.8, 4) is 0 Å². The summed E-state index contributed by atoms with van der Waals surface area (Å²) in [5.74, 6) is 0.882. The predicted octanol–water partition coefficient (Wildman–Crippen LogP) is 3.49. The Morgan fingerprint density at radius 2 is 2.00 bits per heavy atom. The van der Waals surface area contributed by atoms with Crippen molar-refractivity contribution < 1.29 is 9.52 Å². The van der Waals surface area contributed by atoms with Crippen LogP contribution in [0.3, 0.4) is 0 Å². The van der Waals surface area contributed by atoms with E-state index in [4.69, 9.17) is 9.52 Å². The topological polar surface area (TPSA) is 45.4 Å². The number of hydrogen-bond donors (Lipinski definition) is 2. The number of benzene rings is 1. The molecule has 1 aromatic heterocycles. The Labute approximate surface area is 121 Å². The molecule has 0 aliphatic carbocycles. The van der Waals surface area contributed by atoms with E-state index in [1.54, 1.807) is 6.26 Å². The first-order valence-electron chi connectivity index (χ1n) is 6.36. The van der Waals surface area contributed by atoms with Gasteiger partial charge in [-0.3, -0.25) is 0 Å². The molecule has 0 amide bonds. The SMILES string of the molecule is CC(CCO)NC(c1ccc(Br)cc1)c1ccco1. The molecule has 0 saturated heterocycles. The minimum Gasteiger partial charge on any atom is -0.467 e. The van der Waals surface area contributed by atoms with Crippen molar-refractivity contribution in [2.45, 2.75) is 25.4 Å². The van der Waals surface area contributed by atoms with Crippen molar-refractivity contribution in [3.05, 3.63) is 58.5 Å². The van der Waals surface area contributed by atoms with Crippen LogP contribution in [0.15, 0.2) is 51.6 Å². The van der Waals surface area contributed by atoms with Crippen molar-refractivity contribution in [3.63, 3.8) is 0 Å². The Morgan fingerprint density at radius 1 is 1.26 bits per heavy atom. The van der Waals surface area contributed by atoms with Gasteiger partial charge in [-0.15, -0.1) is 0 Å². The van der Waals surface area contributed by atoms with E-state index in [2.05, 4.69) is 40.3 Å². The van der Waals surface area contributed by atoms with E-state index in [0.717, 1.165) is 15.8 Å². The quantitative estimate of drug-likeness (QED) is 0.855. The molecule has 0 saturated carbocycles. The second-order valence-corrected chi connectivity index (χ2v) is 5.50. The number of nitrogens with one attached hydrogen (secondary N) is 1. The summed E-state index contributed by atoms with van der Waals surface area (Å²) < 4.78 is 6.58. The van der Waals surface area contributed by atoms with E-state index < -0.39 is 0 Å². The van der Waals surface area contributed by atoms with Crippen LogP contribution >= 0.6 is 15.9 Å². The van der Waals surface area contributed by atoms with E-state index in [1.807, 2.05) is 24.3 Å². The largest absolute Gasteiger partial charge is 0.467 e. The zero-order valence-electron chi connectivity index (χ0n) is 10.8. The monoisotopic (exact) mass is 323 g/mol. The van der Waals surface area contributed by atoms with Gasteiger partial charge < -0.3 is 14.8 Å². The van der Waals surface area contributed by atoms with Crippen LogP contribution < -0.4 is 5.32 Å². The van der Waals surface area contributed by atoms with Crippen LogP contribution in [-0.4, -0.2) is 17.8 Å². The highest BCUT2D eigenvalue weighted by molar-refractivity contribution is 9.10. The Balaban J connectivity index is 2.22. The molecule has 19 heavy (non-hydrogen) atoms. The molecule has 1 aromatic carbocycles. The lowest BCUT2D eigenvalue weighted by Gasteiger charge is -2.22. The molecular weight excluding hydrogens is 306 g/mol. The van der Waals surface area contributed by atoms with Crippen molar-refractivity contribution in [2.24, 2.45) is 0 Å². The maximum Gasteiger partial charge on any atom is 0.125 e. The van der Waals surface area contributed by atoms with Gasteiger partial charge in [0.2, 0.25) is 0 Å². The highest BCUT2D eigenvalue weighted by Crippen LogP contribution is 2.24. The maximum atomic E-state index is 9.02. The number of hydrogen-bond acceptors (Lipinski definition) is 3. The Morgan fingerprint density at radius 3 is 2.58 bits per heavy atom. The third-order valence-electron chi connectivity index (χ3n) is 3.04. The van der Waals surface area contributed by atoms with Gasteiger partial charge in [-0.05, 0) is 43.2 Å². The van der Waals surface area contributed by atoms with Gasteiger partial charge in [-0.2, -0.15) is 0 Å². The minimum absolute atomic E-state index is 0.00431.